The van der Waals surface area contributed by atoms with E-state index in [0.717, 1.165) is 5.56 Å². The summed E-state index contributed by atoms with van der Waals surface area (Å²) in [4.78, 5) is 35.7. The van der Waals surface area contributed by atoms with Crippen molar-refractivity contribution in [3.05, 3.63) is 52.5 Å². The molecule has 0 saturated carbocycles. The Bertz CT molecular complexity index is 1020. The molecule has 0 aliphatic carbocycles. The van der Waals surface area contributed by atoms with Gasteiger partial charge in [0.15, 0.2) is 18.1 Å². The van der Waals surface area contributed by atoms with Crippen molar-refractivity contribution in [2.45, 2.75) is 33.2 Å². The van der Waals surface area contributed by atoms with Crippen LogP contribution in [0.1, 0.15) is 31.4 Å². The molecule has 176 valence electrons. The lowest BCUT2D eigenvalue weighted by molar-refractivity contribution is -0.139. The third kappa shape index (κ3) is 8.12. The van der Waals surface area contributed by atoms with E-state index in [1.165, 1.54) is 19.4 Å². The maximum Gasteiger partial charge on any atom is 0.329 e. The van der Waals surface area contributed by atoms with Crippen LogP contribution in [0.4, 0.5) is 5.69 Å². The molecular weight excluding hydrogens is 448 g/mol. The molecule has 0 aliphatic heterocycles. The average Bonchev–Trinajstić information content (AvgIpc) is 2.79. The third-order valence-corrected chi connectivity index (χ3v) is 4.79. The molecule has 10 heteroatoms. The van der Waals surface area contributed by atoms with E-state index in [0.29, 0.717) is 17.7 Å². The number of carbonyl (C=O) groups excluding carboxylic acids is 3. The van der Waals surface area contributed by atoms with E-state index in [1.807, 2.05) is 26.0 Å². The van der Waals surface area contributed by atoms with Gasteiger partial charge < -0.3 is 20.1 Å². The lowest BCUT2D eigenvalue weighted by atomic mass is 10.2. The Hall–Kier alpha value is -3.59. The highest BCUT2D eigenvalue weighted by molar-refractivity contribution is 6.35. The summed E-state index contributed by atoms with van der Waals surface area (Å²) in [5.74, 6) is -1.56. The van der Waals surface area contributed by atoms with Gasteiger partial charge in [0.25, 0.3) is 5.91 Å². The van der Waals surface area contributed by atoms with Crippen molar-refractivity contribution < 1.29 is 23.9 Å². The van der Waals surface area contributed by atoms with E-state index >= 15 is 0 Å². The van der Waals surface area contributed by atoms with Gasteiger partial charge in [-0.15, -0.1) is 0 Å². The lowest BCUT2D eigenvalue weighted by Gasteiger charge is -2.13. The first-order chi connectivity index (χ1) is 15.7. The van der Waals surface area contributed by atoms with Gasteiger partial charge in [-0.1, -0.05) is 36.2 Å². The summed E-state index contributed by atoms with van der Waals surface area (Å²) < 4.78 is 10.9. The van der Waals surface area contributed by atoms with Gasteiger partial charge in [-0.25, -0.2) is 5.43 Å². The summed E-state index contributed by atoms with van der Waals surface area (Å²) in [6, 6.07) is 10.3. The predicted octanol–water partition coefficient (Wildman–Crippen LogP) is 3.04. The summed E-state index contributed by atoms with van der Waals surface area (Å²) in [5, 5.41) is 9.21. The number of aryl methyl sites for hydroxylation is 1. The highest BCUT2D eigenvalue weighted by atomic mass is 35.5. The number of ether oxygens (including phenoxy) is 2. The van der Waals surface area contributed by atoms with Crippen LogP contribution in [0.15, 0.2) is 41.5 Å². The number of nitrogens with zero attached hydrogens (tertiary/aromatic N) is 1. The summed E-state index contributed by atoms with van der Waals surface area (Å²) >= 11 is 6.29. The number of carbonyl (C=O) groups is 3. The zero-order valence-electron chi connectivity index (χ0n) is 18.9. The maximum absolute atomic E-state index is 12.2. The lowest BCUT2D eigenvalue weighted by Crippen LogP contribution is -2.41. The predicted molar refractivity (Wildman–Crippen MR) is 127 cm³/mol. The summed E-state index contributed by atoms with van der Waals surface area (Å²) in [7, 11) is 1.42. The molecule has 33 heavy (non-hydrogen) atoms. The van der Waals surface area contributed by atoms with Gasteiger partial charge in [-0.2, -0.15) is 5.10 Å². The number of amides is 3. The Morgan fingerprint density at radius 1 is 1.15 bits per heavy atom. The number of anilines is 1. The van der Waals surface area contributed by atoms with E-state index in [-0.39, 0.29) is 35.1 Å². The molecule has 0 fully saturated rings. The fourth-order valence-corrected chi connectivity index (χ4v) is 2.81. The topological polar surface area (TPSA) is 118 Å². The number of methoxy groups -OCH3 is 1. The van der Waals surface area contributed by atoms with E-state index < -0.39 is 11.8 Å². The van der Waals surface area contributed by atoms with Gasteiger partial charge >= 0.3 is 11.8 Å². The minimum Gasteiger partial charge on any atom is -0.493 e. The zero-order valence-corrected chi connectivity index (χ0v) is 19.7. The second kappa shape index (κ2) is 12.4. The first-order valence-corrected chi connectivity index (χ1v) is 10.6. The molecule has 2 rings (SSSR count). The number of hydrogen-bond acceptors (Lipinski definition) is 6. The summed E-state index contributed by atoms with van der Waals surface area (Å²) in [6.07, 6.45) is 2.00. The van der Waals surface area contributed by atoms with Gasteiger partial charge in [0.2, 0.25) is 0 Å². The molecule has 1 atom stereocenters. The first-order valence-electron chi connectivity index (χ1n) is 10.2. The number of rotatable bonds is 9. The SMILES string of the molecule is CC[C@H](C)NC(=O)C(=O)N/N=C\c1cc(Cl)c(OCC(=O)Nc2ccc(C)cc2)c(OC)c1. The van der Waals surface area contributed by atoms with Crippen molar-refractivity contribution >= 4 is 41.2 Å². The molecule has 2 aromatic rings. The highest BCUT2D eigenvalue weighted by Gasteiger charge is 2.15. The monoisotopic (exact) mass is 474 g/mol. The second-order valence-corrected chi connectivity index (χ2v) is 7.63. The molecular formula is C23H27ClN4O5. The Balaban J connectivity index is 1.98. The number of hydrogen-bond donors (Lipinski definition) is 3. The average molecular weight is 475 g/mol. The standard InChI is InChI=1S/C23H27ClN4O5/c1-5-15(3)26-22(30)23(31)28-25-12-16-10-18(24)21(19(11-16)32-4)33-13-20(29)27-17-8-6-14(2)7-9-17/h6-12,15H,5,13H2,1-4H3,(H,26,30)(H,27,29)(H,28,31)/b25-12-/t15-/m0/s1. The molecule has 0 saturated heterocycles. The van der Waals surface area contributed by atoms with Crippen LogP contribution in [0.2, 0.25) is 5.02 Å². The van der Waals surface area contributed by atoms with Crippen LogP contribution < -0.4 is 25.5 Å². The van der Waals surface area contributed by atoms with Crippen LogP contribution in [0.25, 0.3) is 0 Å². The van der Waals surface area contributed by atoms with Crippen LogP contribution in [0.5, 0.6) is 11.5 Å². The molecule has 3 N–H and O–H groups in total. The van der Waals surface area contributed by atoms with Crippen LogP contribution >= 0.6 is 11.6 Å². The Labute approximate surface area is 197 Å². The Morgan fingerprint density at radius 3 is 2.48 bits per heavy atom. The first kappa shape index (κ1) is 25.7. The fourth-order valence-electron chi connectivity index (χ4n) is 2.53. The normalized spacial score (nSPS) is 11.5. The molecule has 0 unspecified atom stereocenters. The minimum atomic E-state index is -0.885. The maximum atomic E-state index is 12.2. The van der Waals surface area contributed by atoms with Crippen molar-refractivity contribution in [1.82, 2.24) is 10.7 Å². The van der Waals surface area contributed by atoms with E-state index in [2.05, 4.69) is 21.2 Å². The molecule has 3 amide bonds. The van der Waals surface area contributed by atoms with Crippen molar-refractivity contribution in [2.75, 3.05) is 19.0 Å². The molecule has 0 spiro atoms. The van der Waals surface area contributed by atoms with Crippen molar-refractivity contribution in [1.29, 1.82) is 0 Å². The molecule has 2 aromatic carbocycles. The van der Waals surface area contributed by atoms with E-state index in [4.69, 9.17) is 21.1 Å². The Morgan fingerprint density at radius 2 is 1.85 bits per heavy atom. The molecule has 9 nitrogen and oxygen atoms in total. The molecule has 0 aromatic heterocycles. The van der Waals surface area contributed by atoms with E-state index in [1.54, 1.807) is 25.1 Å². The quantitative estimate of drug-likeness (QED) is 0.293. The second-order valence-electron chi connectivity index (χ2n) is 7.22. The molecule has 0 radical (unpaired) electrons. The van der Waals surface area contributed by atoms with Crippen LogP contribution in [-0.4, -0.2) is 43.7 Å². The van der Waals surface area contributed by atoms with Crippen molar-refractivity contribution in [3.63, 3.8) is 0 Å². The van der Waals surface area contributed by atoms with Crippen LogP contribution in [0, 0.1) is 6.92 Å². The minimum absolute atomic E-state index is 0.123. The largest absolute Gasteiger partial charge is 0.493 e. The number of halogens is 1. The van der Waals surface area contributed by atoms with Crippen LogP contribution in [-0.2, 0) is 14.4 Å². The van der Waals surface area contributed by atoms with Crippen LogP contribution in [0.3, 0.4) is 0 Å². The number of nitrogens with one attached hydrogen (secondary N) is 3. The van der Waals surface area contributed by atoms with E-state index in [9.17, 15) is 14.4 Å². The Kier molecular flexibility index (Phi) is 9.68. The molecule has 0 aliphatic rings. The molecule has 0 bridgehead atoms. The van der Waals surface area contributed by atoms with Gasteiger partial charge in [0, 0.05) is 11.7 Å². The van der Waals surface area contributed by atoms with Gasteiger partial charge in [-0.05, 0) is 50.1 Å². The van der Waals surface area contributed by atoms with Gasteiger partial charge in [-0.3, -0.25) is 14.4 Å². The highest BCUT2D eigenvalue weighted by Crippen LogP contribution is 2.36. The van der Waals surface area contributed by atoms with Crippen molar-refractivity contribution in [2.24, 2.45) is 5.10 Å². The summed E-state index contributed by atoms with van der Waals surface area (Å²) in [5.41, 5.74) is 4.36. The third-order valence-electron chi connectivity index (χ3n) is 4.51. The van der Waals surface area contributed by atoms with Gasteiger partial charge in [0.1, 0.15) is 0 Å². The molecule has 0 heterocycles. The zero-order chi connectivity index (χ0) is 24.4. The smallest absolute Gasteiger partial charge is 0.329 e. The van der Waals surface area contributed by atoms with Gasteiger partial charge in [0.05, 0.1) is 18.3 Å². The van der Waals surface area contributed by atoms with Crippen molar-refractivity contribution in [3.8, 4) is 11.5 Å². The fraction of sp³-hybridized carbons (Fsp3) is 0.304. The number of benzene rings is 2. The summed E-state index contributed by atoms with van der Waals surface area (Å²) in [6.45, 7) is 5.36. The number of hydrazone groups is 1.